The average molecular weight is 264 g/mol. The van der Waals surface area contributed by atoms with Gasteiger partial charge in [0.25, 0.3) is 0 Å². The van der Waals surface area contributed by atoms with E-state index in [4.69, 9.17) is 0 Å². The van der Waals surface area contributed by atoms with E-state index < -0.39 is 0 Å². The van der Waals surface area contributed by atoms with Crippen LogP contribution in [0.2, 0.25) is 0 Å². The van der Waals surface area contributed by atoms with E-state index in [0.717, 1.165) is 13.1 Å². The van der Waals surface area contributed by atoms with Gasteiger partial charge < -0.3 is 5.32 Å². The van der Waals surface area contributed by atoms with Crippen molar-refractivity contribution in [2.75, 3.05) is 38.2 Å². The van der Waals surface area contributed by atoms with Crippen molar-refractivity contribution in [1.82, 2.24) is 10.2 Å². The Labute approximate surface area is 115 Å². The van der Waals surface area contributed by atoms with Crippen molar-refractivity contribution < 1.29 is 0 Å². The quantitative estimate of drug-likeness (QED) is 0.794. The van der Waals surface area contributed by atoms with E-state index >= 15 is 0 Å². The lowest BCUT2D eigenvalue weighted by Crippen LogP contribution is -2.52. The molecule has 1 saturated heterocycles. The Hall–Kier alpha value is -0.510. The summed E-state index contributed by atoms with van der Waals surface area (Å²) < 4.78 is 0. The number of nitrogens with one attached hydrogen (secondary N) is 1. The summed E-state index contributed by atoms with van der Waals surface area (Å²) in [7, 11) is 0. The fraction of sp³-hybridized carbons (Fsp3) is 0.600. The maximum absolute atomic E-state index is 3.53. The average Bonchev–Trinajstić information content (AvgIpc) is 2.42. The molecule has 0 saturated carbocycles. The molecule has 18 heavy (non-hydrogen) atoms. The molecular weight excluding hydrogens is 240 g/mol. The predicted molar refractivity (Wildman–Crippen MR) is 81.4 cm³/mol. The van der Waals surface area contributed by atoms with Gasteiger partial charge in [0.05, 0.1) is 0 Å². The molecule has 0 amide bonds. The molecular formula is C15H24N2S. The molecule has 0 aliphatic carbocycles. The third-order valence-electron chi connectivity index (χ3n) is 3.58. The van der Waals surface area contributed by atoms with E-state index in [2.05, 4.69) is 46.8 Å². The van der Waals surface area contributed by atoms with Gasteiger partial charge in [-0.1, -0.05) is 30.3 Å². The summed E-state index contributed by atoms with van der Waals surface area (Å²) in [6.07, 6.45) is 4.68. The SMILES string of the molecule is CSCCCN1CCNCC1Cc1ccccc1. The molecule has 2 nitrogen and oxygen atoms in total. The standard InChI is InChI=1S/C15H24N2S/c1-18-11-5-9-17-10-8-16-13-15(17)12-14-6-3-2-4-7-14/h2-4,6-7,15-16H,5,8-13H2,1H3. The van der Waals surface area contributed by atoms with Crippen molar-refractivity contribution in [1.29, 1.82) is 0 Å². The topological polar surface area (TPSA) is 15.3 Å². The number of nitrogens with zero attached hydrogens (tertiary/aromatic N) is 1. The highest BCUT2D eigenvalue weighted by atomic mass is 32.2. The van der Waals surface area contributed by atoms with Gasteiger partial charge >= 0.3 is 0 Å². The number of piperazine rings is 1. The first-order valence-electron chi connectivity index (χ1n) is 6.88. The number of hydrogen-bond acceptors (Lipinski definition) is 3. The van der Waals surface area contributed by atoms with Gasteiger partial charge in [0.2, 0.25) is 0 Å². The van der Waals surface area contributed by atoms with Crippen molar-refractivity contribution in [2.24, 2.45) is 0 Å². The Balaban J connectivity index is 1.87. The molecule has 3 heteroatoms. The van der Waals surface area contributed by atoms with Gasteiger partial charge in [0.1, 0.15) is 0 Å². The van der Waals surface area contributed by atoms with Gasteiger partial charge in [-0.25, -0.2) is 0 Å². The zero-order chi connectivity index (χ0) is 12.6. The van der Waals surface area contributed by atoms with Crippen LogP contribution in [0.25, 0.3) is 0 Å². The molecule has 2 rings (SSSR count). The maximum Gasteiger partial charge on any atom is 0.0261 e. The van der Waals surface area contributed by atoms with E-state index in [9.17, 15) is 0 Å². The molecule has 0 spiro atoms. The zero-order valence-corrected chi connectivity index (χ0v) is 12.1. The van der Waals surface area contributed by atoms with E-state index in [0.29, 0.717) is 6.04 Å². The molecule has 1 aliphatic heterocycles. The third kappa shape index (κ3) is 4.30. The minimum atomic E-state index is 0.669. The number of rotatable bonds is 6. The Morgan fingerprint density at radius 2 is 2.17 bits per heavy atom. The predicted octanol–water partition coefficient (Wildman–Crippen LogP) is 2.26. The van der Waals surface area contributed by atoms with Gasteiger partial charge in [-0.2, -0.15) is 11.8 Å². The van der Waals surface area contributed by atoms with E-state index in [1.54, 1.807) is 0 Å². The lowest BCUT2D eigenvalue weighted by atomic mass is 10.0. The smallest absolute Gasteiger partial charge is 0.0261 e. The van der Waals surface area contributed by atoms with Crippen LogP contribution in [0.3, 0.4) is 0 Å². The minimum Gasteiger partial charge on any atom is -0.314 e. The normalized spacial score (nSPS) is 21.1. The molecule has 1 aromatic carbocycles. The Morgan fingerprint density at radius 1 is 1.33 bits per heavy atom. The van der Waals surface area contributed by atoms with Crippen LogP contribution in [0.15, 0.2) is 30.3 Å². The van der Waals surface area contributed by atoms with Gasteiger partial charge in [0.15, 0.2) is 0 Å². The second kappa shape index (κ2) is 7.82. The molecule has 1 heterocycles. The molecule has 1 fully saturated rings. The number of hydrogen-bond donors (Lipinski definition) is 1. The Bertz CT molecular complexity index is 329. The summed E-state index contributed by atoms with van der Waals surface area (Å²) in [5.74, 6) is 1.28. The van der Waals surface area contributed by atoms with Crippen molar-refractivity contribution in [3.05, 3.63) is 35.9 Å². The van der Waals surface area contributed by atoms with E-state index in [1.165, 1.54) is 37.2 Å². The molecule has 100 valence electrons. The summed E-state index contributed by atoms with van der Waals surface area (Å²) in [6, 6.07) is 11.5. The molecule has 1 unspecified atom stereocenters. The summed E-state index contributed by atoms with van der Waals surface area (Å²) in [4.78, 5) is 2.67. The highest BCUT2D eigenvalue weighted by molar-refractivity contribution is 7.98. The molecule has 0 radical (unpaired) electrons. The van der Waals surface area contributed by atoms with Crippen LogP contribution in [0.4, 0.5) is 0 Å². The van der Waals surface area contributed by atoms with E-state index in [-0.39, 0.29) is 0 Å². The Kier molecular flexibility index (Phi) is 6.05. The second-order valence-corrected chi connectivity index (χ2v) is 5.92. The highest BCUT2D eigenvalue weighted by Crippen LogP contribution is 2.12. The van der Waals surface area contributed by atoms with Crippen LogP contribution in [0.1, 0.15) is 12.0 Å². The largest absolute Gasteiger partial charge is 0.314 e. The number of thioether (sulfide) groups is 1. The lowest BCUT2D eigenvalue weighted by Gasteiger charge is -2.36. The van der Waals surface area contributed by atoms with Crippen molar-refractivity contribution in [2.45, 2.75) is 18.9 Å². The number of benzene rings is 1. The first kappa shape index (κ1) is 13.9. The van der Waals surface area contributed by atoms with Crippen LogP contribution >= 0.6 is 11.8 Å². The van der Waals surface area contributed by atoms with Crippen LogP contribution in [-0.2, 0) is 6.42 Å². The third-order valence-corrected chi connectivity index (χ3v) is 4.28. The van der Waals surface area contributed by atoms with Gasteiger partial charge in [-0.15, -0.1) is 0 Å². The first-order valence-corrected chi connectivity index (χ1v) is 8.27. The fourth-order valence-corrected chi connectivity index (χ4v) is 3.01. The van der Waals surface area contributed by atoms with Crippen LogP contribution in [-0.4, -0.2) is 49.1 Å². The first-order chi connectivity index (χ1) is 8.90. The minimum absolute atomic E-state index is 0.669. The van der Waals surface area contributed by atoms with Crippen molar-refractivity contribution in [3.63, 3.8) is 0 Å². The highest BCUT2D eigenvalue weighted by Gasteiger charge is 2.21. The second-order valence-electron chi connectivity index (χ2n) is 4.93. The molecule has 0 bridgehead atoms. The van der Waals surface area contributed by atoms with Crippen LogP contribution < -0.4 is 5.32 Å². The molecule has 1 atom stereocenters. The van der Waals surface area contributed by atoms with Gasteiger partial charge in [-0.3, -0.25) is 4.90 Å². The van der Waals surface area contributed by atoms with E-state index in [1.807, 2.05) is 11.8 Å². The molecule has 1 aliphatic rings. The molecule has 1 aromatic rings. The lowest BCUT2D eigenvalue weighted by molar-refractivity contribution is 0.161. The summed E-state index contributed by atoms with van der Waals surface area (Å²) in [5, 5.41) is 3.53. The maximum atomic E-state index is 3.53. The molecule has 0 aromatic heterocycles. The zero-order valence-electron chi connectivity index (χ0n) is 11.3. The molecule has 1 N–H and O–H groups in total. The van der Waals surface area contributed by atoms with Gasteiger partial charge in [0, 0.05) is 25.7 Å². The summed E-state index contributed by atoms with van der Waals surface area (Å²) >= 11 is 1.95. The monoisotopic (exact) mass is 264 g/mol. The summed E-state index contributed by atoms with van der Waals surface area (Å²) in [5.41, 5.74) is 1.46. The fourth-order valence-electron chi connectivity index (χ4n) is 2.60. The van der Waals surface area contributed by atoms with Crippen LogP contribution in [0.5, 0.6) is 0 Å². The summed E-state index contributed by atoms with van der Waals surface area (Å²) in [6.45, 7) is 4.73. The van der Waals surface area contributed by atoms with Crippen LogP contribution in [0, 0.1) is 0 Å². The van der Waals surface area contributed by atoms with Crippen molar-refractivity contribution >= 4 is 11.8 Å². The van der Waals surface area contributed by atoms with Crippen molar-refractivity contribution in [3.8, 4) is 0 Å². The van der Waals surface area contributed by atoms with Gasteiger partial charge in [-0.05, 0) is 37.0 Å². The Morgan fingerprint density at radius 3 is 2.94 bits per heavy atom.